The minimum Gasteiger partial charge on any atom is -0.399 e. The van der Waals surface area contributed by atoms with Crippen LogP contribution in [0, 0.1) is 0 Å². The van der Waals surface area contributed by atoms with Gasteiger partial charge in [0.1, 0.15) is 6.33 Å². The number of nitrogens with zero attached hydrogens (tertiary/aromatic N) is 3. The minimum absolute atomic E-state index is 0.0517. The Bertz CT molecular complexity index is 575. The quantitative estimate of drug-likeness (QED) is 0.872. The lowest BCUT2D eigenvalue weighted by atomic mass is 10.1. The lowest BCUT2D eigenvalue weighted by Crippen LogP contribution is -2.07. The molecule has 19 heavy (non-hydrogen) atoms. The summed E-state index contributed by atoms with van der Waals surface area (Å²) < 4.78 is 39.9. The molecule has 0 amide bonds. The molecule has 102 valence electrons. The lowest BCUT2D eigenvalue weighted by molar-refractivity contribution is -0.137. The van der Waals surface area contributed by atoms with Gasteiger partial charge in [0.2, 0.25) is 0 Å². The summed E-state index contributed by atoms with van der Waals surface area (Å²) in [6.07, 6.45) is -2.10. The number of aromatic nitrogens is 3. The summed E-state index contributed by atoms with van der Waals surface area (Å²) in [7, 11) is 0. The zero-order valence-electron chi connectivity index (χ0n) is 10.3. The van der Waals surface area contributed by atoms with Crippen LogP contribution in [0.15, 0.2) is 24.5 Å². The number of rotatable bonds is 3. The third kappa shape index (κ3) is 2.86. The third-order valence-electron chi connectivity index (χ3n) is 2.62. The zero-order valence-corrected chi connectivity index (χ0v) is 10.3. The summed E-state index contributed by atoms with van der Waals surface area (Å²) in [6, 6.07) is 3.40. The average molecular weight is 270 g/mol. The predicted molar refractivity (Wildman–Crippen MR) is 65.2 cm³/mol. The maximum absolute atomic E-state index is 12.7. The molecule has 2 N–H and O–H groups in total. The number of hydrogen-bond donors (Lipinski definition) is 1. The number of alkyl halides is 3. The van der Waals surface area contributed by atoms with Gasteiger partial charge in [-0.25, -0.2) is 0 Å². The maximum atomic E-state index is 12.7. The van der Waals surface area contributed by atoms with Crippen LogP contribution in [-0.4, -0.2) is 14.8 Å². The van der Waals surface area contributed by atoms with E-state index in [0.29, 0.717) is 17.9 Å². The molecular formula is C12H13F3N4. The smallest absolute Gasteiger partial charge is 0.399 e. The number of benzene rings is 1. The summed E-state index contributed by atoms with van der Waals surface area (Å²) in [4.78, 5) is 0. The van der Waals surface area contributed by atoms with Crippen LogP contribution >= 0.6 is 0 Å². The van der Waals surface area contributed by atoms with E-state index >= 15 is 0 Å². The maximum Gasteiger partial charge on any atom is 0.416 e. The van der Waals surface area contributed by atoms with Gasteiger partial charge in [0.15, 0.2) is 5.82 Å². The van der Waals surface area contributed by atoms with Gasteiger partial charge in [0.05, 0.1) is 5.56 Å². The molecule has 7 heteroatoms. The van der Waals surface area contributed by atoms with Gasteiger partial charge >= 0.3 is 6.18 Å². The summed E-state index contributed by atoms with van der Waals surface area (Å²) in [5.41, 5.74) is 5.11. The van der Waals surface area contributed by atoms with Gasteiger partial charge in [0.25, 0.3) is 0 Å². The van der Waals surface area contributed by atoms with Crippen LogP contribution in [0.4, 0.5) is 18.9 Å². The van der Waals surface area contributed by atoms with E-state index in [2.05, 4.69) is 10.2 Å². The second kappa shape index (κ2) is 4.91. The Labute approximate surface area is 108 Å². The Morgan fingerprint density at radius 3 is 2.63 bits per heavy atom. The van der Waals surface area contributed by atoms with E-state index in [1.807, 2.05) is 6.92 Å². The van der Waals surface area contributed by atoms with Crippen molar-refractivity contribution in [3.05, 3.63) is 30.1 Å². The van der Waals surface area contributed by atoms with E-state index in [1.54, 1.807) is 4.57 Å². The predicted octanol–water partition coefficient (Wildman–Crippen LogP) is 2.96. The molecule has 0 atom stereocenters. The minimum atomic E-state index is -4.43. The van der Waals surface area contributed by atoms with E-state index in [0.717, 1.165) is 18.6 Å². The zero-order chi connectivity index (χ0) is 14.0. The SMILES string of the molecule is CCCn1cnnc1-c1cc(N)cc(C(F)(F)F)c1. The van der Waals surface area contributed by atoms with Crippen molar-refractivity contribution in [3.63, 3.8) is 0 Å². The first kappa shape index (κ1) is 13.4. The van der Waals surface area contributed by atoms with Crippen molar-refractivity contribution >= 4 is 5.69 Å². The Morgan fingerprint density at radius 1 is 1.26 bits per heavy atom. The van der Waals surface area contributed by atoms with E-state index in [4.69, 9.17) is 5.73 Å². The Hall–Kier alpha value is -2.05. The molecule has 0 aliphatic heterocycles. The van der Waals surface area contributed by atoms with Gasteiger partial charge in [0, 0.05) is 17.8 Å². The summed E-state index contributed by atoms with van der Waals surface area (Å²) in [6.45, 7) is 2.60. The van der Waals surface area contributed by atoms with Gasteiger partial charge < -0.3 is 10.3 Å². The van der Waals surface area contributed by atoms with Crippen molar-refractivity contribution in [2.45, 2.75) is 26.1 Å². The van der Waals surface area contributed by atoms with Crippen molar-refractivity contribution < 1.29 is 13.2 Å². The Morgan fingerprint density at radius 2 is 2.00 bits per heavy atom. The number of nitrogen functional groups attached to an aromatic ring is 1. The van der Waals surface area contributed by atoms with Crippen LogP contribution in [-0.2, 0) is 12.7 Å². The Balaban J connectivity index is 2.50. The van der Waals surface area contributed by atoms with Gasteiger partial charge in [-0.2, -0.15) is 13.2 Å². The lowest BCUT2D eigenvalue weighted by Gasteiger charge is -2.11. The van der Waals surface area contributed by atoms with Crippen LogP contribution in [0.2, 0.25) is 0 Å². The largest absolute Gasteiger partial charge is 0.416 e. The number of halogens is 3. The molecule has 0 spiro atoms. The van der Waals surface area contributed by atoms with Crippen molar-refractivity contribution in [1.82, 2.24) is 14.8 Å². The van der Waals surface area contributed by atoms with Crippen LogP contribution in [0.5, 0.6) is 0 Å². The topological polar surface area (TPSA) is 56.7 Å². The molecule has 0 aliphatic rings. The molecule has 0 unspecified atom stereocenters. The highest BCUT2D eigenvalue weighted by molar-refractivity contribution is 5.63. The fourth-order valence-electron chi connectivity index (χ4n) is 1.83. The highest BCUT2D eigenvalue weighted by Gasteiger charge is 2.31. The number of nitrogens with two attached hydrogens (primary N) is 1. The van der Waals surface area contributed by atoms with Crippen molar-refractivity contribution in [3.8, 4) is 11.4 Å². The normalized spacial score (nSPS) is 11.8. The number of anilines is 1. The highest BCUT2D eigenvalue weighted by Crippen LogP contribution is 2.33. The van der Waals surface area contributed by atoms with Gasteiger partial charge in [-0.15, -0.1) is 10.2 Å². The molecule has 2 aromatic rings. The first-order valence-corrected chi connectivity index (χ1v) is 5.77. The molecule has 2 rings (SSSR count). The van der Waals surface area contributed by atoms with E-state index in [-0.39, 0.29) is 5.69 Å². The van der Waals surface area contributed by atoms with Crippen molar-refractivity contribution in [2.75, 3.05) is 5.73 Å². The second-order valence-electron chi connectivity index (χ2n) is 4.19. The summed E-state index contributed by atoms with van der Waals surface area (Å²) in [5.74, 6) is 0.389. The van der Waals surface area contributed by atoms with Crippen molar-refractivity contribution in [2.24, 2.45) is 0 Å². The molecule has 0 saturated heterocycles. The highest BCUT2D eigenvalue weighted by atomic mass is 19.4. The van der Waals surface area contributed by atoms with E-state index in [9.17, 15) is 13.2 Å². The van der Waals surface area contributed by atoms with E-state index in [1.165, 1.54) is 12.4 Å². The van der Waals surface area contributed by atoms with Gasteiger partial charge in [-0.3, -0.25) is 0 Å². The Kier molecular flexibility index (Phi) is 3.46. The van der Waals surface area contributed by atoms with Crippen LogP contribution in [0.1, 0.15) is 18.9 Å². The van der Waals surface area contributed by atoms with Crippen molar-refractivity contribution in [1.29, 1.82) is 0 Å². The molecule has 1 aromatic carbocycles. The molecule has 0 saturated carbocycles. The first-order valence-electron chi connectivity index (χ1n) is 5.77. The number of hydrogen-bond acceptors (Lipinski definition) is 3. The fraction of sp³-hybridized carbons (Fsp3) is 0.333. The van der Waals surface area contributed by atoms with Crippen LogP contribution in [0.25, 0.3) is 11.4 Å². The molecule has 0 aliphatic carbocycles. The molecule has 0 bridgehead atoms. The molecule has 4 nitrogen and oxygen atoms in total. The second-order valence-corrected chi connectivity index (χ2v) is 4.19. The first-order chi connectivity index (χ1) is 8.91. The van der Waals surface area contributed by atoms with Gasteiger partial charge in [-0.05, 0) is 24.6 Å². The monoisotopic (exact) mass is 270 g/mol. The van der Waals surface area contributed by atoms with Crippen LogP contribution in [0.3, 0.4) is 0 Å². The van der Waals surface area contributed by atoms with Gasteiger partial charge in [-0.1, -0.05) is 6.92 Å². The third-order valence-corrected chi connectivity index (χ3v) is 2.62. The summed E-state index contributed by atoms with van der Waals surface area (Å²) in [5, 5.41) is 7.59. The average Bonchev–Trinajstić information content (AvgIpc) is 2.76. The van der Waals surface area contributed by atoms with Crippen LogP contribution < -0.4 is 5.73 Å². The number of aryl methyl sites for hydroxylation is 1. The fourth-order valence-corrected chi connectivity index (χ4v) is 1.83. The molecule has 0 fully saturated rings. The summed E-state index contributed by atoms with van der Waals surface area (Å²) >= 11 is 0. The standard InChI is InChI=1S/C12H13F3N4/c1-2-3-19-7-17-18-11(19)8-4-9(12(13,14)15)6-10(16)5-8/h4-7H,2-3,16H2,1H3. The molecular weight excluding hydrogens is 257 g/mol. The molecule has 0 radical (unpaired) electrons. The molecule has 1 aromatic heterocycles. The molecule has 1 heterocycles. The van der Waals surface area contributed by atoms with E-state index < -0.39 is 11.7 Å².